The highest BCUT2D eigenvalue weighted by Gasteiger charge is 2.18. The van der Waals surface area contributed by atoms with Crippen LogP contribution in [0.15, 0.2) is 12.4 Å². The Balaban J connectivity index is 1.88. The number of likely N-dealkylation sites (N-methyl/N-ethyl adjacent to an activating group) is 1. The maximum absolute atomic E-state index is 12.2. The van der Waals surface area contributed by atoms with Crippen LogP contribution in [0.2, 0.25) is 0 Å². The molecule has 128 valence electrons. The van der Waals surface area contributed by atoms with Gasteiger partial charge in [-0.15, -0.1) is 0 Å². The second-order valence-corrected chi connectivity index (χ2v) is 6.10. The molecule has 1 fully saturated rings. The Bertz CT molecular complexity index is 499. The minimum Gasteiger partial charge on any atom is -0.354 e. The Morgan fingerprint density at radius 3 is 2.65 bits per heavy atom. The predicted octanol–water partition coefficient (Wildman–Crippen LogP) is 0.300. The molecule has 0 aromatic carbocycles. The van der Waals surface area contributed by atoms with Crippen LogP contribution in [0.4, 0.5) is 5.82 Å². The zero-order chi connectivity index (χ0) is 16.7. The van der Waals surface area contributed by atoms with Crippen molar-refractivity contribution in [2.45, 2.75) is 13.3 Å². The molecule has 1 aliphatic rings. The Hall–Kier alpha value is -1.73. The molecule has 0 bridgehead atoms. The quantitative estimate of drug-likeness (QED) is 0.729. The van der Waals surface area contributed by atoms with Crippen molar-refractivity contribution in [1.82, 2.24) is 25.1 Å². The van der Waals surface area contributed by atoms with E-state index < -0.39 is 0 Å². The molecule has 2 rings (SSSR count). The highest BCUT2D eigenvalue weighted by Crippen LogP contribution is 2.13. The average molecular weight is 320 g/mol. The SMILES string of the molecule is CCN1CCN(c2cc(C(=O)NCCCN(C)C)ncn2)CC1. The molecule has 1 aromatic rings. The molecule has 0 atom stereocenters. The van der Waals surface area contributed by atoms with E-state index in [-0.39, 0.29) is 5.91 Å². The van der Waals surface area contributed by atoms with Gasteiger partial charge in [0.05, 0.1) is 0 Å². The zero-order valence-electron chi connectivity index (χ0n) is 14.5. The van der Waals surface area contributed by atoms with Crippen molar-refractivity contribution in [1.29, 1.82) is 0 Å². The van der Waals surface area contributed by atoms with Gasteiger partial charge in [-0.1, -0.05) is 6.92 Å². The predicted molar refractivity (Wildman–Crippen MR) is 91.9 cm³/mol. The van der Waals surface area contributed by atoms with E-state index in [1.165, 1.54) is 6.33 Å². The third kappa shape index (κ3) is 5.44. The van der Waals surface area contributed by atoms with Crippen molar-refractivity contribution in [3.63, 3.8) is 0 Å². The molecule has 0 saturated carbocycles. The molecular formula is C16H28N6O. The molecule has 0 unspecified atom stereocenters. The van der Waals surface area contributed by atoms with Gasteiger partial charge in [0.15, 0.2) is 0 Å². The second kappa shape index (κ2) is 8.79. The van der Waals surface area contributed by atoms with E-state index in [0.29, 0.717) is 12.2 Å². The van der Waals surface area contributed by atoms with Crippen LogP contribution in [0.5, 0.6) is 0 Å². The van der Waals surface area contributed by atoms with Crippen molar-refractivity contribution in [2.24, 2.45) is 0 Å². The fourth-order valence-corrected chi connectivity index (χ4v) is 2.63. The van der Waals surface area contributed by atoms with Crippen LogP contribution in [-0.4, -0.2) is 85.6 Å². The van der Waals surface area contributed by atoms with Crippen molar-refractivity contribution < 1.29 is 4.79 Å². The summed E-state index contributed by atoms with van der Waals surface area (Å²) in [5, 5.41) is 2.92. The number of nitrogens with one attached hydrogen (secondary N) is 1. The monoisotopic (exact) mass is 320 g/mol. The van der Waals surface area contributed by atoms with Gasteiger partial charge >= 0.3 is 0 Å². The fourth-order valence-electron chi connectivity index (χ4n) is 2.63. The van der Waals surface area contributed by atoms with Gasteiger partial charge in [-0.2, -0.15) is 0 Å². The first kappa shape index (κ1) is 17.6. The third-order valence-corrected chi connectivity index (χ3v) is 4.10. The first-order valence-electron chi connectivity index (χ1n) is 8.32. The van der Waals surface area contributed by atoms with Gasteiger partial charge < -0.3 is 20.0 Å². The van der Waals surface area contributed by atoms with Crippen LogP contribution in [0.3, 0.4) is 0 Å². The normalized spacial score (nSPS) is 15.9. The summed E-state index contributed by atoms with van der Waals surface area (Å²) in [6.07, 6.45) is 2.41. The van der Waals surface area contributed by atoms with Crippen LogP contribution < -0.4 is 10.2 Å². The van der Waals surface area contributed by atoms with Gasteiger partial charge in [-0.25, -0.2) is 9.97 Å². The number of carbonyl (C=O) groups excluding carboxylic acids is 1. The van der Waals surface area contributed by atoms with Crippen LogP contribution >= 0.6 is 0 Å². The van der Waals surface area contributed by atoms with E-state index >= 15 is 0 Å². The number of nitrogens with zero attached hydrogens (tertiary/aromatic N) is 5. The number of piperazine rings is 1. The highest BCUT2D eigenvalue weighted by atomic mass is 16.1. The first-order valence-corrected chi connectivity index (χ1v) is 8.32. The maximum Gasteiger partial charge on any atom is 0.270 e. The van der Waals surface area contributed by atoms with E-state index in [9.17, 15) is 4.79 Å². The lowest BCUT2D eigenvalue weighted by Crippen LogP contribution is -2.46. The van der Waals surface area contributed by atoms with Gasteiger partial charge in [-0.05, 0) is 33.6 Å². The molecule has 23 heavy (non-hydrogen) atoms. The van der Waals surface area contributed by atoms with Crippen molar-refractivity contribution >= 4 is 11.7 Å². The van der Waals surface area contributed by atoms with Crippen LogP contribution in [0.25, 0.3) is 0 Å². The van der Waals surface area contributed by atoms with E-state index in [4.69, 9.17) is 0 Å². The van der Waals surface area contributed by atoms with Crippen LogP contribution in [-0.2, 0) is 0 Å². The summed E-state index contributed by atoms with van der Waals surface area (Å²) in [6.45, 7) is 8.82. The standard InChI is InChI=1S/C16H28N6O/c1-4-21-8-10-22(11-9-21)15-12-14(18-13-19-15)16(23)17-6-5-7-20(2)3/h12-13H,4-11H2,1-3H3,(H,17,23). The van der Waals surface area contributed by atoms with Gasteiger partial charge in [0, 0.05) is 38.8 Å². The summed E-state index contributed by atoms with van der Waals surface area (Å²) < 4.78 is 0. The van der Waals surface area contributed by atoms with Crippen molar-refractivity contribution in [2.75, 3.05) is 64.8 Å². The molecule has 0 radical (unpaired) electrons. The van der Waals surface area contributed by atoms with E-state index in [2.05, 4.69) is 36.9 Å². The molecule has 1 aliphatic heterocycles. The summed E-state index contributed by atoms with van der Waals surface area (Å²) in [5.41, 5.74) is 0.442. The third-order valence-electron chi connectivity index (χ3n) is 4.10. The van der Waals surface area contributed by atoms with Crippen LogP contribution in [0, 0.1) is 0 Å². The van der Waals surface area contributed by atoms with E-state index in [0.717, 1.165) is 51.5 Å². The van der Waals surface area contributed by atoms with E-state index in [1.54, 1.807) is 6.07 Å². The number of rotatable bonds is 7. The molecule has 0 aliphatic carbocycles. The van der Waals surface area contributed by atoms with Gasteiger partial charge in [-0.3, -0.25) is 4.79 Å². The Labute approximate surface area is 138 Å². The zero-order valence-corrected chi connectivity index (χ0v) is 14.5. The summed E-state index contributed by atoms with van der Waals surface area (Å²) in [5.74, 6) is 0.716. The summed E-state index contributed by atoms with van der Waals surface area (Å²) >= 11 is 0. The second-order valence-electron chi connectivity index (χ2n) is 6.10. The number of hydrogen-bond acceptors (Lipinski definition) is 6. The van der Waals surface area contributed by atoms with Gasteiger partial charge in [0.2, 0.25) is 0 Å². The number of anilines is 1. The Morgan fingerprint density at radius 1 is 1.26 bits per heavy atom. The number of amides is 1. The van der Waals surface area contributed by atoms with Crippen LogP contribution in [0.1, 0.15) is 23.8 Å². The lowest BCUT2D eigenvalue weighted by molar-refractivity contribution is 0.0947. The summed E-state index contributed by atoms with van der Waals surface area (Å²) in [6, 6.07) is 1.79. The summed E-state index contributed by atoms with van der Waals surface area (Å²) in [7, 11) is 4.05. The molecule has 1 aromatic heterocycles. The lowest BCUT2D eigenvalue weighted by Gasteiger charge is -2.34. The topological polar surface area (TPSA) is 64.6 Å². The van der Waals surface area contributed by atoms with Gasteiger partial charge in [0.1, 0.15) is 17.8 Å². The van der Waals surface area contributed by atoms with Crippen molar-refractivity contribution in [3.05, 3.63) is 18.1 Å². The number of carbonyl (C=O) groups is 1. The highest BCUT2D eigenvalue weighted by molar-refractivity contribution is 5.92. The minimum atomic E-state index is -0.125. The fraction of sp³-hybridized carbons (Fsp3) is 0.688. The largest absolute Gasteiger partial charge is 0.354 e. The maximum atomic E-state index is 12.2. The van der Waals surface area contributed by atoms with E-state index in [1.807, 2.05) is 14.1 Å². The number of aromatic nitrogens is 2. The molecule has 1 amide bonds. The number of hydrogen-bond donors (Lipinski definition) is 1. The average Bonchev–Trinajstić information content (AvgIpc) is 2.58. The summed E-state index contributed by atoms with van der Waals surface area (Å²) in [4.78, 5) is 27.3. The lowest BCUT2D eigenvalue weighted by atomic mass is 10.3. The molecule has 7 heteroatoms. The minimum absolute atomic E-state index is 0.125. The molecular weight excluding hydrogens is 292 g/mol. The molecule has 2 heterocycles. The smallest absolute Gasteiger partial charge is 0.270 e. The van der Waals surface area contributed by atoms with Gasteiger partial charge in [0.25, 0.3) is 5.91 Å². The first-order chi connectivity index (χ1) is 11.1. The molecule has 1 N–H and O–H groups in total. The molecule has 0 spiro atoms. The molecule has 1 saturated heterocycles. The Morgan fingerprint density at radius 2 is 2.00 bits per heavy atom. The Kier molecular flexibility index (Phi) is 6.73. The van der Waals surface area contributed by atoms with Crippen molar-refractivity contribution in [3.8, 4) is 0 Å². The molecule has 7 nitrogen and oxygen atoms in total.